The number of carbonyl (C=O) groups excluding carboxylic acids is 2. The van der Waals surface area contributed by atoms with Gasteiger partial charge >= 0.3 is 5.97 Å². The van der Waals surface area contributed by atoms with Crippen molar-refractivity contribution in [1.82, 2.24) is 10.2 Å². The first-order valence-electron chi connectivity index (χ1n) is 6.82. The van der Waals surface area contributed by atoms with Crippen molar-refractivity contribution in [2.75, 3.05) is 19.7 Å². The maximum Gasteiger partial charge on any atom is 0.323 e. The molecule has 1 amide bonds. The van der Waals surface area contributed by atoms with Gasteiger partial charge in [-0.15, -0.1) is 0 Å². The molecule has 2 saturated heterocycles. The van der Waals surface area contributed by atoms with Crippen LogP contribution >= 0.6 is 0 Å². The second-order valence-corrected chi connectivity index (χ2v) is 5.18. The quantitative estimate of drug-likeness (QED) is 0.747. The summed E-state index contributed by atoms with van der Waals surface area (Å²) in [6, 6.07) is 0.125. The summed E-state index contributed by atoms with van der Waals surface area (Å²) in [7, 11) is 0. The number of ether oxygens (including phenoxy) is 1. The molecule has 0 bridgehead atoms. The third kappa shape index (κ3) is 2.83. The average molecular weight is 254 g/mol. The first-order chi connectivity index (χ1) is 8.61. The highest BCUT2D eigenvalue weighted by Gasteiger charge is 2.36. The summed E-state index contributed by atoms with van der Waals surface area (Å²) in [6.07, 6.45) is 2.48. The van der Waals surface area contributed by atoms with E-state index in [-0.39, 0.29) is 17.9 Å². The lowest BCUT2D eigenvalue weighted by Gasteiger charge is -2.42. The molecule has 0 aliphatic carbocycles. The molecule has 0 radical (unpaired) electrons. The molecular formula is C13H22N2O3. The van der Waals surface area contributed by atoms with Crippen LogP contribution in [0.2, 0.25) is 0 Å². The van der Waals surface area contributed by atoms with Crippen molar-refractivity contribution in [3.8, 4) is 0 Å². The number of nitrogens with zero attached hydrogens (tertiary/aromatic N) is 1. The summed E-state index contributed by atoms with van der Waals surface area (Å²) >= 11 is 0. The van der Waals surface area contributed by atoms with Crippen molar-refractivity contribution >= 4 is 11.9 Å². The van der Waals surface area contributed by atoms with Crippen molar-refractivity contribution in [3.05, 3.63) is 0 Å². The molecule has 0 aromatic heterocycles. The van der Waals surface area contributed by atoms with E-state index in [2.05, 4.69) is 10.2 Å². The van der Waals surface area contributed by atoms with Crippen molar-refractivity contribution in [2.45, 2.75) is 45.2 Å². The Morgan fingerprint density at radius 3 is 3.06 bits per heavy atom. The highest BCUT2D eigenvalue weighted by molar-refractivity contribution is 5.77. The van der Waals surface area contributed by atoms with Gasteiger partial charge in [-0.3, -0.25) is 14.5 Å². The van der Waals surface area contributed by atoms with Gasteiger partial charge in [0, 0.05) is 25.6 Å². The van der Waals surface area contributed by atoms with E-state index in [9.17, 15) is 9.59 Å². The van der Waals surface area contributed by atoms with E-state index in [4.69, 9.17) is 4.74 Å². The molecule has 5 heteroatoms. The third-order valence-corrected chi connectivity index (χ3v) is 4.03. The number of esters is 1. The average Bonchev–Trinajstić information content (AvgIpc) is 2.37. The van der Waals surface area contributed by atoms with Crippen LogP contribution < -0.4 is 5.32 Å². The minimum absolute atomic E-state index is 0.143. The standard InChI is InChI=1S/C13H22N2O3/c1-3-18-13(17)9(2)15-7-6-11-10(8-15)4-5-12(16)14-11/h9-11H,3-8H2,1-2H3,(H,14,16). The van der Waals surface area contributed by atoms with E-state index in [1.807, 2.05) is 13.8 Å². The van der Waals surface area contributed by atoms with Crippen LogP contribution in [0.3, 0.4) is 0 Å². The molecule has 102 valence electrons. The molecule has 0 saturated carbocycles. The van der Waals surface area contributed by atoms with Crippen molar-refractivity contribution < 1.29 is 14.3 Å². The minimum atomic E-state index is -0.177. The zero-order valence-corrected chi connectivity index (χ0v) is 11.1. The van der Waals surface area contributed by atoms with E-state index >= 15 is 0 Å². The van der Waals surface area contributed by atoms with E-state index in [1.165, 1.54) is 0 Å². The molecule has 18 heavy (non-hydrogen) atoms. The summed E-state index contributed by atoms with van der Waals surface area (Å²) in [6.45, 7) is 5.89. The fraction of sp³-hybridized carbons (Fsp3) is 0.846. The molecule has 2 aliphatic rings. The van der Waals surface area contributed by atoms with Crippen LogP contribution in [0.1, 0.15) is 33.1 Å². The second-order valence-electron chi connectivity index (χ2n) is 5.18. The first-order valence-corrected chi connectivity index (χ1v) is 6.82. The fourth-order valence-corrected chi connectivity index (χ4v) is 2.90. The molecule has 1 N–H and O–H groups in total. The van der Waals surface area contributed by atoms with Crippen LogP contribution in [0.25, 0.3) is 0 Å². The monoisotopic (exact) mass is 254 g/mol. The number of piperidine rings is 2. The van der Waals surface area contributed by atoms with Crippen LogP contribution in [0.15, 0.2) is 0 Å². The number of likely N-dealkylation sites (tertiary alicyclic amines) is 1. The van der Waals surface area contributed by atoms with Crippen LogP contribution in [-0.4, -0.2) is 48.6 Å². The lowest BCUT2D eigenvalue weighted by Crippen LogP contribution is -2.56. The van der Waals surface area contributed by atoms with Crippen molar-refractivity contribution in [2.24, 2.45) is 5.92 Å². The fourth-order valence-electron chi connectivity index (χ4n) is 2.90. The smallest absolute Gasteiger partial charge is 0.323 e. The molecule has 5 nitrogen and oxygen atoms in total. The maximum absolute atomic E-state index is 11.7. The number of hydrogen-bond donors (Lipinski definition) is 1. The van der Waals surface area contributed by atoms with Gasteiger partial charge in [0.1, 0.15) is 6.04 Å². The number of fused-ring (bicyclic) bond motifs is 1. The van der Waals surface area contributed by atoms with E-state index in [0.29, 0.717) is 25.0 Å². The predicted octanol–water partition coefficient (Wildman–Crippen LogP) is 0.539. The van der Waals surface area contributed by atoms with Gasteiger partial charge in [0.25, 0.3) is 0 Å². The third-order valence-electron chi connectivity index (χ3n) is 4.03. The second kappa shape index (κ2) is 5.69. The van der Waals surface area contributed by atoms with Crippen LogP contribution in [-0.2, 0) is 14.3 Å². The Labute approximate surface area is 108 Å². The Morgan fingerprint density at radius 2 is 2.33 bits per heavy atom. The van der Waals surface area contributed by atoms with Crippen molar-refractivity contribution in [3.63, 3.8) is 0 Å². The molecule has 2 heterocycles. The largest absolute Gasteiger partial charge is 0.465 e. The molecule has 2 aliphatic heterocycles. The Bertz CT molecular complexity index is 332. The molecule has 0 spiro atoms. The Balaban J connectivity index is 1.90. The van der Waals surface area contributed by atoms with Gasteiger partial charge < -0.3 is 10.1 Å². The zero-order valence-electron chi connectivity index (χ0n) is 11.1. The summed E-state index contributed by atoms with van der Waals surface area (Å²) in [5.41, 5.74) is 0. The number of hydrogen-bond acceptors (Lipinski definition) is 4. The van der Waals surface area contributed by atoms with Gasteiger partial charge in [-0.2, -0.15) is 0 Å². The zero-order chi connectivity index (χ0) is 13.1. The summed E-state index contributed by atoms with van der Waals surface area (Å²) in [5.74, 6) is 0.507. The number of amides is 1. The van der Waals surface area contributed by atoms with Gasteiger partial charge in [-0.05, 0) is 32.6 Å². The maximum atomic E-state index is 11.7. The molecular weight excluding hydrogens is 232 g/mol. The van der Waals surface area contributed by atoms with Crippen LogP contribution in [0.5, 0.6) is 0 Å². The molecule has 3 atom stereocenters. The number of nitrogens with one attached hydrogen (secondary N) is 1. The molecule has 0 aromatic carbocycles. The Kier molecular flexibility index (Phi) is 4.22. The predicted molar refractivity (Wildman–Crippen MR) is 66.9 cm³/mol. The highest BCUT2D eigenvalue weighted by atomic mass is 16.5. The number of carbonyl (C=O) groups is 2. The van der Waals surface area contributed by atoms with Gasteiger partial charge in [0.15, 0.2) is 0 Å². The highest BCUT2D eigenvalue weighted by Crippen LogP contribution is 2.26. The Morgan fingerprint density at radius 1 is 1.56 bits per heavy atom. The van der Waals surface area contributed by atoms with Gasteiger partial charge in [-0.1, -0.05) is 0 Å². The molecule has 0 aromatic rings. The molecule has 2 fully saturated rings. The number of rotatable bonds is 3. The normalized spacial score (nSPS) is 30.2. The van der Waals surface area contributed by atoms with E-state index in [1.54, 1.807) is 0 Å². The van der Waals surface area contributed by atoms with Crippen LogP contribution in [0, 0.1) is 5.92 Å². The van der Waals surface area contributed by atoms with Gasteiger partial charge in [-0.25, -0.2) is 0 Å². The lowest BCUT2D eigenvalue weighted by atomic mass is 9.84. The van der Waals surface area contributed by atoms with E-state index < -0.39 is 0 Å². The van der Waals surface area contributed by atoms with Crippen LogP contribution in [0.4, 0.5) is 0 Å². The topological polar surface area (TPSA) is 58.6 Å². The molecule has 2 rings (SSSR count). The lowest BCUT2D eigenvalue weighted by molar-refractivity contribution is -0.150. The summed E-state index contributed by atoms with van der Waals surface area (Å²) in [5, 5.41) is 3.05. The van der Waals surface area contributed by atoms with Gasteiger partial charge in [0.05, 0.1) is 6.61 Å². The SMILES string of the molecule is CCOC(=O)C(C)N1CCC2NC(=O)CCC2C1. The molecule has 3 unspecified atom stereocenters. The first kappa shape index (κ1) is 13.3. The summed E-state index contributed by atoms with van der Waals surface area (Å²) in [4.78, 5) is 25.2. The minimum Gasteiger partial charge on any atom is -0.465 e. The van der Waals surface area contributed by atoms with Gasteiger partial charge in [0.2, 0.25) is 5.91 Å². The van der Waals surface area contributed by atoms with Crippen molar-refractivity contribution in [1.29, 1.82) is 0 Å². The summed E-state index contributed by atoms with van der Waals surface area (Å²) < 4.78 is 5.06. The Hall–Kier alpha value is -1.10. The van der Waals surface area contributed by atoms with E-state index in [0.717, 1.165) is 25.9 Å².